The van der Waals surface area contributed by atoms with Gasteiger partial charge in [-0.1, -0.05) is 99.6 Å². The number of rotatable bonds is 16. The molecule has 11 nitrogen and oxygen atoms in total. The fourth-order valence-corrected chi connectivity index (χ4v) is 9.14. The Bertz CT molecular complexity index is 3370. The lowest BCUT2D eigenvalue weighted by Crippen LogP contribution is -2.42. The van der Waals surface area contributed by atoms with Crippen molar-refractivity contribution in [1.29, 1.82) is 10.5 Å². The average Bonchev–Trinajstić information content (AvgIpc) is 3.90. The van der Waals surface area contributed by atoms with Gasteiger partial charge in [0.25, 0.3) is 0 Å². The highest BCUT2D eigenvalue weighted by Gasteiger charge is 2.33. The summed E-state index contributed by atoms with van der Waals surface area (Å²) >= 11 is 0. The van der Waals surface area contributed by atoms with E-state index in [2.05, 4.69) is 102 Å². The summed E-state index contributed by atoms with van der Waals surface area (Å²) in [6, 6.07) is 50.4. The Hall–Kier alpha value is -8.93. The van der Waals surface area contributed by atoms with Gasteiger partial charge in [0.2, 0.25) is 17.7 Å². The van der Waals surface area contributed by atoms with Gasteiger partial charge in [-0.2, -0.15) is 10.5 Å². The molecule has 0 fully saturated rings. The molecule has 2 unspecified atom stereocenters. The molecule has 358 valence electrons. The van der Waals surface area contributed by atoms with E-state index in [0.717, 1.165) is 61.3 Å². The van der Waals surface area contributed by atoms with Crippen LogP contribution in [0.15, 0.2) is 197 Å². The molecule has 0 spiro atoms. The number of ether oxygens (including phenoxy) is 3. The van der Waals surface area contributed by atoms with Crippen LogP contribution in [0.3, 0.4) is 0 Å². The fourth-order valence-electron chi connectivity index (χ4n) is 9.14. The van der Waals surface area contributed by atoms with Crippen LogP contribution in [0, 0.1) is 28.1 Å². The normalized spacial score (nSPS) is 14.7. The van der Waals surface area contributed by atoms with E-state index < -0.39 is 5.41 Å². The van der Waals surface area contributed by atoms with E-state index in [1.54, 1.807) is 25.2 Å². The van der Waals surface area contributed by atoms with Crippen LogP contribution in [-0.4, -0.2) is 29.2 Å². The molecule has 11 heteroatoms. The van der Waals surface area contributed by atoms with E-state index in [0.29, 0.717) is 72.9 Å². The molecule has 3 heterocycles. The first-order valence-electron chi connectivity index (χ1n) is 24.1. The lowest BCUT2D eigenvalue weighted by Gasteiger charge is -2.31. The molecule has 1 N–H and O–H groups in total. The molecule has 72 heavy (non-hydrogen) atoms. The number of benzene rings is 6. The smallest absolute Gasteiger partial charge is 0.248 e. The number of carbonyl (C=O) groups excluding carboxylic acids is 1. The van der Waals surface area contributed by atoms with Crippen molar-refractivity contribution in [3.63, 3.8) is 0 Å². The largest absolute Gasteiger partial charge is 0.489 e. The molecular weight excluding hydrogens is 897 g/mol. The van der Waals surface area contributed by atoms with Gasteiger partial charge in [-0.25, -0.2) is 0 Å². The Balaban J connectivity index is 0.801. The van der Waals surface area contributed by atoms with Crippen LogP contribution in [0.25, 0.3) is 39.3 Å². The highest BCUT2D eigenvalue weighted by atomic mass is 16.5. The zero-order valence-electron chi connectivity index (χ0n) is 41.0. The maximum absolute atomic E-state index is 14.1. The first kappa shape index (κ1) is 48.1. The van der Waals surface area contributed by atoms with Crippen molar-refractivity contribution in [2.75, 3.05) is 18.0 Å². The van der Waals surface area contributed by atoms with Crippen LogP contribution in [0.1, 0.15) is 70.1 Å². The van der Waals surface area contributed by atoms with Crippen molar-refractivity contribution in [2.45, 2.75) is 60.0 Å². The predicted molar refractivity (Wildman–Crippen MR) is 281 cm³/mol. The molecule has 0 saturated carbocycles. The third-order valence-corrected chi connectivity index (χ3v) is 13.3. The molecule has 7 aromatic rings. The van der Waals surface area contributed by atoms with Gasteiger partial charge in [-0.05, 0) is 133 Å². The molecular formula is C61H54N6O5. The lowest BCUT2D eigenvalue weighted by atomic mass is 9.76. The summed E-state index contributed by atoms with van der Waals surface area (Å²) in [4.78, 5) is 16.3. The second-order valence-electron chi connectivity index (χ2n) is 18.4. The lowest BCUT2D eigenvalue weighted by molar-refractivity contribution is -0.130. The molecule has 2 aliphatic rings. The van der Waals surface area contributed by atoms with Crippen molar-refractivity contribution in [1.82, 2.24) is 15.5 Å². The van der Waals surface area contributed by atoms with Gasteiger partial charge < -0.3 is 28.8 Å². The van der Waals surface area contributed by atoms with Crippen LogP contribution in [0.4, 0.5) is 11.4 Å². The van der Waals surface area contributed by atoms with Crippen LogP contribution in [0.2, 0.25) is 0 Å². The SMILES string of the molecule is CCC(C)(CC(C)c1ccc(COc2ccc(-c3nnc(-c4cccc5ccccc45)o3)cc2)cc1)C(=O)NCCN(c1ccccc1)c1ccc2c(c1)O/C(=C/C1=CC(=C(C#N)C#N)C=C(C)O1)C=C2C. The zero-order chi connectivity index (χ0) is 50.2. The molecule has 2 atom stereocenters. The third kappa shape index (κ3) is 10.8. The van der Waals surface area contributed by atoms with Crippen LogP contribution >= 0.6 is 0 Å². The Kier molecular flexibility index (Phi) is 14.3. The number of amides is 1. The number of carbonyl (C=O) groups is 1. The summed E-state index contributed by atoms with van der Waals surface area (Å²) in [5, 5.41) is 33.0. The molecule has 0 radical (unpaired) electrons. The van der Waals surface area contributed by atoms with E-state index in [1.165, 1.54) is 0 Å². The molecule has 0 aliphatic carbocycles. The minimum atomic E-state index is -0.594. The third-order valence-electron chi connectivity index (χ3n) is 13.3. The first-order valence-corrected chi connectivity index (χ1v) is 24.1. The summed E-state index contributed by atoms with van der Waals surface area (Å²) in [5.41, 5.74) is 7.65. The van der Waals surface area contributed by atoms with Crippen molar-refractivity contribution in [3.05, 3.63) is 209 Å². The number of allylic oxidation sites excluding steroid dienone is 8. The second-order valence-corrected chi connectivity index (χ2v) is 18.4. The molecule has 0 bridgehead atoms. The van der Waals surface area contributed by atoms with Gasteiger partial charge >= 0.3 is 0 Å². The molecule has 1 aromatic heterocycles. The van der Waals surface area contributed by atoms with Crippen molar-refractivity contribution in [3.8, 4) is 46.5 Å². The standard InChI is InChI=1S/C61H54N6O5/c1-6-61(5,36-41(3)44-21-19-43(20-22-44)39-69-51-26-23-46(24-27-51)58-65-66-59(72-58)56-18-12-14-45-13-10-11-17-55(45)56)60(68)64-29-30-67(49-15-8-7-9-16-49)50-25-28-54-40(2)31-52(71-57(54)34-50)35-53-33-47(32-42(4)70-53)48(37-62)38-63/h7-28,31-35,41H,6,29-30,36,39H2,1-5H3,(H,64,68)/b52-35+. The van der Waals surface area contributed by atoms with Crippen molar-refractivity contribution in [2.24, 2.45) is 5.41 Å². The monoisotopic (exact) mass is 950 g/mol. The van der Waals surface area contributed by atoms with Crippen LogP contribution in [0.5, 0.6) is 11.5 Å². The summed E-state index contributed by atoms with van der Waals surface area (Å²) < 4.78 is 24.7. The average molecular weight is 951 g/mol. The molecule has 0 saturated heterocycles. The topological polar surface area (TPSA) is 147 Å². The summed E-state index contributed by atoms with van der Waals surface area (Å²) in [6.45, 7) is 11.5. The van der Waals surface area contributed by atoms with Gasteiger partial charge in [-0.3, -0.25) is 4.79 Å². The van der Waals surface area contributed by atoms with E-state index in [4.69, 9.17) is 18.6 Å². The number of para-hydroxylation sites is 1. The van der Waals surface area contributed by atoms with Gasteiger partial charge in [0.05, 0.1) is 0 Å². The van der Waals surface area contributed by atoms with Gasteiger partial charge in [0.15, 0.2) is 0 Å². The number of hydrogen-bond acceptors (Lipinski definition) is 10. The number of fused-ring (bicyclic) bond motifs is 2. The highest BCUT2D eigenvalue weighted by Crippen LogP contribution is 2.40. The second kappa shape index (κ2) is 21.4. The number of nitrogens with zero attached hydrogens (tertiary/aromatic N) is 5. The van der Waals surface area contributed by atoms with E-state index in [1.807, 2.05) is 104 Å². The van der Waals surface area contributed by atoms with E-state index in [-0.39, 0.29) is 17.4 Å². The zero-order valence-corrected chi connectivity index (χ0v) is 41.0. The number of anilines is 2. The Morgan fingerprint density at radius 3 is 2.31 bits per heavy atom. The first-order chi connectivity index (χ1) is 35.0. The summed E-state index contributed by atoms with van der Waals surface area (Å²) in [7, 11) is 0. The van der Waals surface area contributed by atoms with Gasteiger partial charge in [-0.15, -0.1) is 10.2 Å². The Morgan fingerprint density at radius 2 is 1.54 bits per heavy atom. The number of nitrogens with one attached hydrogen (secondary N) is 1. The number of nitriles is 2. The van der Waals surface area contributed by atoms with Crippen molar-refractivity contribution < 1.29 is 23.4 Å². The number of aromatic nitrogens is 2. The minimum absolute atomic E-state index is 0.00580. The van der Waals surface area contributed by atoms with Gasteiger partial charge in [0.1, 0.15) is 53.1 Å². The Labute approximate surface area is 420 Å². The highest BCUT2D eigenvalue weighted by molar-refractivity contribution is 5.94. The predicted octanol–water partition coefficient (Wildman–Crippen LogP) is 13.8. The van der Waals surface area contributed by atoms with E-state index in [9.17, 15) is 15.3 Å². The maximum atomic E-state index is 14.1. The van der Waals surface area contributed by atoms with E-state index >= 15 is 0 Å². The van der Waals surface area contributed by atoms with Gasteiger partial charge in [0, 0.05) is 64.3 Å². The molecule has 2 aliphatic heterocycles. The van der Waals surface area contributed by atoms with Crippen LogP contribution in [-0.2, 0) is 16.1 Å². The quantitative estimate of drug-likeness (QED) is 0.0929. The minimum Gasteiger partial charge on any atom is -0.489 e. The number of hydrogen-bond donors (Lipinski definition) is 1. The molecule has 1 amide bonds. The summed E-state index contributed by atoms with van der Waals surface area (Å²) in [6.07, 6.45) is 8.39. The van der Waals surface area contributed by atoms with Crippen molar-refractivity contribution >= 4 is 33.6 Å². The molecule has 9 rings (SSSR count). The van der Waals surface area contributed by atoms with Crippen LogP contribution < -0.4 is 19.7 Å². The molecule has 6 aromatic carbocycles. The summed E-state index contributed by atoms with van der Waals surface area (Å²) in [5.74, 6) is 4.05. The fraction of sp³-hybridized carbons (Fsp3) is 0.197. The maximum Gasteiger partial charge on any atom is 0.248 e. The Morgan fingerprint density at radius 1 is 0.806 bits per heavy atom.